The molecule has 1 heterocycles. The third-order valence-corrected chi connectivity index (χ3v) is 4.00. The minimum Gasteiger partial charge on any atom is -0.480 e. The Balaban J connectivity index is 2.77. The molecule has 0 aromatic heterocycles. The Kier molecular flexibility index (Phi) is 6.14. The van der Waals surface area contributed by atoms with Gasteiger partial charge in [0, 0.05) is 6.54 Å². The van der Waals surface area contributed by atoms with Crippen LogP contribution in [0.3, 0.4) is 0 Å². The molecular formula is C14H25N3O4. The number of likely N-dealkylation sites (tertiary alicyclic amines) is 1. The lowest BCUT2D eigenvalue weighted by Gasteiger charge is -2.28. The zero-order valence-electron chi connectivity index (χ0n) is 12.8. The first-order chi connectivity index (χ1) is 9.79. The summed E-state index contributed by atoms with van der Waals surface area (Å²) in [4.78, 5) is 37.0. The van der Waals surface area contributed by atoms with Gasteiger partial charge in [0.1, 0.15) is 12.1 Å². The SMILES string of the molecule is CCC(C)C(NC(=O)C1CCCN1C(=O)C(C)N)C(=O)O. The highest BCUT2D eigenvalue weighted by molar-refractivity contribution is 5.92. The van der Waals surface area contributed by atoms with E-state index in [4.69, 9.17) is 5.73 Å². The van der Waals surface area contributed by atoms with Crippen molar-refractivity contribution in [2.75, 3.05) is 6.54 Å². The predicted octanol–water partition coefficient (Wildman–Crippen LogP) is -0.0599. The normalized spacial score (nSPS) is 22.5. The summed E-state index contributed by atoms with van der Waals surface area (Å²) in [5, 5.41) is 11.8. The summed E-state index contributed by atoms with van der Waals surface area (Å²) in [5.74, 6) is -1.91. The Morgan fingerprint density at radius 1 is 1.38 bits per heavy atom. The number of carboxylic acids is 1. The van der Waals surface area contributed by atoms with Crippen LogP contribution in [-0.2, 0) is 14.4 Å². The second kappa shape index (κ2) is 7.40. The molecule has 1 aliphatic rings. The van der Waals surface area contributed by atoms with Crippen molar-refractivity contribution in [2.24, 2.45) is 11.7 Å². The number of carbonyl (C=O) groups is 3. The maximum atomic E-state index is 12.3. The number of hydrogen-bond donors (Lipinski definition) is 3. The molecule has 0 aliphatic carbocycles. The number of nitrogens with zero attached hydrogens (tertiary/aromatic N) is 1. The zero-order chi connectivity index (χ0) is 16.2. The predicted molar refractivity (Wildman–Crippen MR) is 77.4 cm³/mol. The van der Waals surface area contributed by atoms with Crippen LogP contribution in [0.1, 0.15) is 40.0 Å². The molecule has 1 rings (SSSR count). The fraction of sp³-hybridized carbons (Fsp3) is 0.786. The van der Waals surface area contributed by atoms with E-state index in [2.05, 4.69) is 5.32 Å². The Labute approximate surface area is 124 Å². The van der Waals surface area contributed by atoms with Gasteiger partial charge in [-0.15, -0.1) is 0 Å². The van der Waals surface area contributed by atoms with Crippen LogP contribution in [0.25, 0.3) is 0 Å². The number of carbonyl (C=O) groups excluding carboxylic acids is 2. The van der Waals surface area contributed by atoms with Crippen LogP contribution in [0.15, 0.2) is 0 Å². The molecule has 4 N–H and O–H groups in total. The number of nitrogens with two attached hydrogens (primary N) is 1. The Hall–Kier alpha value is -1.63. The number of carboxylic acid groups (broad SMARTS) is 1. The van der Waals surface area contributed by atoms with E-state index in [0.29, 0.717) is 19.4 Å². The van der Waals surface area contributed by atoms with E-state index in [1.807, 2.05) is 6.92 Å². The van der Waals surface area contributed by atoms with Gasteiger partial charge in [-0.2, -0.15) is 0 Å². The molecule has 0 spiro atoms. The van der Waals surface area contributed by atoms with Gasteiger partial charge in [-0.05, 0) is 25.7 Å². The monoisotopic (exact) mass is 299 g/mol. The minimum absolute atomic E-state index is 0.176. The molecule has 4 atom stereocenters. The van der Waals surface area contributed by atoms with Gasteiger partial charge in [0.2, 0.25) is 11.8 Å². The van der Waals surface area contributed by atoms with Gasteiger partial charge in [-0.1, -0.05) is 20.3 Å². The second-order valence-corrected chi connectivity index (χ2v) is 5.69. The molecule has 120 valence electrons. The summed E-state index contributed by atoms with van der Waals surface area (Å²) in [6.07, 6.45) is 1.90. The van der Waals surface area contributed by atoms with Crippen molar-refractivity contribution in [2.45, 2.75) is 58.2 Å². The molecule has 1 saturated heterocycles. The highest BCUT2D eigenvalue weighted by Gasteiger charge is 2.37. The molecule has 0 radical (unpaired) electrons. The highest BCUT2D eigenvalue weighted by Crippen LogP contribution is 2.19. The molecule has 0 aromatic carbocycles. The molecule has 7 nitrogen and oxygen atoms in total. The Bertz CT molecular complexity index is 411. The molecule has 7 heteroatoms. The molecule has 1 fully saturated rings. The van der Waals surface area contributed by atoms with Gasteiger partial charge in [-0.3, -0.25) is 9.59 Å². The number of hydrogen-bond acceptors (Lipinski definition) is 4. The number of rotatable bonds is 6. The average Bonchev–Trinajstić information content (AvgIpc) is 2.91. The summed E-state index contributed by atoms with van der Waals surface area (Å²) in [5.41, 5.74) is 5.58. The summed E-state index contributed by atoms with van der Waals surface area (Å²) < 4.78 is 0. The molecular weight excluding hydrogens is 274 g/mol. The fourth-order valence-corrected chi connectivity index (χ4v) is 2.50. The van der Waals surface area contributed by atoms with Crippen molar-refractivity contribution in [3.63, 3.8) is 0 Å². The van der Waals surface area contributed by atoms with Crippen molar-refractivity contribution in [3.05, 3.63) is 0 Å². The maximum Gasteiger partial charge on any atom is 0.326 e. The van der Waals surface area contributed by atoms with Crippen LogP contribution < -0.4 is 11.1 Å². The van der Waals surface area contributed by atoms with E-state index < -0.39 is 30.0 Å². The van der Waals surface area contributed by atoms with Crippen molar-refractivity contribution in [1.82, 2.24) is 10.2 Å². The Morgan fingerprint density at radius 2 is 2.00 bits per heavy atom. The largest absolute Gasteiger partial charge is 0.480 e. The van der Waals surface area contributed by atoms with Gasteiger partial charge in [-0.25, -0.2) is 4.79 Å². The lowest BCUT2D eigenvalue weighted by molar-refractivity contribution is -0.145. The molecule has 21 heavy (non-hydrogen) atoms. The van der Waals surface area contributed by atoms with Gasteiger partial charge < -0.3 is 21.1 Å². The van der Waals surface area contributed by atoms with Gasteiger partial charge in [0.25, 0.3) is 0 Å². The number of nitrogens with one attached hydrogen (secondary N) is 1. The third kappa shape index (κ3) is 4.17. The highest BCUT2D eigenvalue weighted by atomic mass is 16.4. The van der Waals surface area contributed by atoms with Crippen LogP contribution >= 0.6 is 0 Å². The molecule has 1 aliphatic heterocycles. The molecule has 0 aromatic rings. The topological polar surface area (TPSA) is 113 Å². The van der Waals surface area contributed by atoms with E-state index in [1.54, 1.807) is 13.8 Å². The van der Waals surface area contributed by atoms with Crippen LogP contribution in [0.5, 0.6) is 0 Å². The van der Waals surface area contributed by atoms with Crippen LogP contribution in [0.2, 0.25) is 0 Å². The fourth-order valence-electron chi connectivity index (χ4n) is 2.50. The van der Waals surface area contributed by atoms with Crippen molar-refractivity contribution in [1.29, 1.82) is 0 Å². The third-order valence-electron chi connectivity index (χ3n) is 4.00. The van der Waals surface area contributed by atoms with E-state index in [0.717, 1.165) is 6.42 Å². The van der Waals surface area contributed by atoms with Gasteiger partial charge in [0.05, 0.1) is 6.04 Å². The lowest BCUT2D eigenvalue weighted by Crippen LogP contribution is -2.54. The smallest absolute Gasteiger partial charge is 0.326 e. The zero-order valence-corrected chi connectivity index (χ0v) is 12.8. The quantitative estimate of drug-likeness (QED) is 0.636. The van der Waals surface area contributed by atoms with E-state index in [1.165, 1.54) is 4.90 Å². The first-order valence-electron chi connectivity index (χ1n) is 7.38. The summed E-state index contributed by atoms with van der Waals surface area (Å²) in [6, 6.07) is -2.21. The van der Waals surface area contributed by atoms with Crippen LogP contribution in [0.4, 0.5) is 0 Å². The standard InChI is InChI=1S/C14H25N3O4/c1-4-8(2)11(14(20)21)16-12(18)10-6-5-7-17(10)13(19)9(3)15/h8-11H,4-7,15H2,1-3H3,(H,16,18)(H,20,21). The van der Waals surface area contributed by atoms with E-state index in [-0.39, 0.29) is 11.8 Å². The Morgan fingerprint density at radius 3 is 2.48 bits per heavy atom. The van der Waals surface area contributed by atoms with Crippen LogP contribution in [-0.4, -0.2) is 52.5 Å². The van der Waals surface area contributed by atoms with Crippen molar-refractivity contribution < 1.29 is 19.5 Å². The second-order valence-electron chi connectivity index (χ2n) is 5.69. The van der Waals surface area contributed by atoms with E-state index >= 15 is 0 Å². The first-order valence-corrected chi connectivity index (χ1v) is 7.38. The minimum atomic E-state index is -1.05. The molecule has 0 bridgehead atoms. The summed E-state index contributed by atoms with van der Waals surface area (Å²) >= 11 is 0. The summed E-state index contributed by atoms with van der Waals surface area (Å²) in [6.45, 7) is 5.71. The molecule has 0 saturated carbocycles. The van der Waals surface area contributed by atoms with Gasteiger partial charge in [0.15, 0.2) is 0 Å². The summed E-state index contributed by atoms with van der Waals surface area (Å²) in [7, 11) is 0. The molecule has 4 unspecified atom stereocenters. The van der Waals surface area contributed by atoms with Crippen LogP contribution in [0, 0.1) is 5.92 Å². The van der Waals surface area contributed by atoms with Gasteiger partial charge >= 0.3 is 5.97 Å². The van der Waals surface area contributed by atoms with Crippen molar-refractivity contribution in [3.8, 4) is 0 Å². The van der Waals surface area contributed by atoms with E-state index in [9.17, 15) is 19.5 Å². The lowest BCUT2D eigenvalue weighted by atomic mass is 9.98. The first kappa shape index (κ1) is 17.4. The number of amides is 2. The number of aliphatic carboxylic acids is 1. The molecule has 2 amide bonds. The average molecular weight is 299 g/mol. The maximum absolute atomic E-state index is 12.3. The van der Waals surface area contributed by atoms with Crippen molar-refractivity contribution >= 4 is 17.8 Å².